The van der Waals surface area contributed by atoms with Crippen LogP contribution in [0.2, 0.25) is 5.02 Å². The number of pyridine rings is 1. The Kier molecular flexibility index (Phi) is 7.52. The van der Waals surface area contributed by atoms with E-state index < -0.39 is 12.0 Å². The molecule has 3 aromatic carbocycles. The highest BCUT2D eigenvalue weighted by Gasteiger charge is 2.42. The van der Waals surface area contributed by atoms with E-state index in [-0.39, 0.29) is 11.6 Å². The molecule has 0 saturated carbocycles. The van der Waals surface area contributed by atoms with Crippen LogP contribution in [0.15, 0.2) is 108 Å². The summed E-state index contributed by atoms with van der Waals surface area (Å²) in [5, 5.41) is 13.8. The maximum atomic E-state index is 11.6. The van der Waals surface area contributed by atoms with Crippen molar-refractivity contribution in [2.24, 2.45) is 0 Å². The van der Waals surface area contributed by atoms with E-state index in [0.717, 1.165) is 17.1 Å². The second-order valence-corrected chi connectivity index (χ2v) is 10.3. The van der Waals surface area contributed by atoms with Gasteiger partial charge in [-0.25, -0.2) is 4.79 Å². The van der Waals surface area contributed by atoms with E-state index in [1.807, 2.05) is 77.7 Å². The number of benzene rings is 3. The Bertz CT molecular complexity index is 1740. The standard InChI is InChI=1S/C32H24ClN3O5S/c1-39-21-10-12-23(13-11-21)40-22-8-6-20(7-9-22)36-30(29(35-32(36)42)26-4-2-3-17-34-26)28-16-15-27(41-28)24-18-19(31(37)38)5-14-25(24)33/h2-18,29-30H,1H3,(H,35,42)(H,37,38)/t29-,30+/m0/s1. The summed E-state index contributed by atoms with van der Waals surface area (Å²) in [5.41, 5.74) is 2.20. The Hall–Kier alpha value is -4.86. The van der Waals surface area contributed by atoms with E-state index in [1.165, 1.54) is 12.1 Å². The SMILES string of the molecule is COc1ccc(Oc2ccc(N3C(=S)N[C@@H](c4ccccn4)[C@H]3c3ccc(-c4cc(C(=O)O)ccc4Cl)o3)cc2)cc1. The first-order valence-corrected chi connectivity index (χ1v) is 13.8. The van der Waals surface area contributed by atoms with Gasteiger partial charge >= 0.3 is 5.97 Å². The first-order chi connectivity index (χ1) is 20.4. The fraction of sp³-hybridized carbons (Fsp3) is 0.0938. The lowest BCUT2D eigenvalue weighted by Gasteiger charge is -2.26. The molecule has 5 aromatic rings. The maximum absolute atomic E-state index is 11.6. The molecule has 0 radical (unpaired) electrons. The number of hydrogen-bond acceptors (Lipinski definition) is 6. The molecule has 1 aliphatic heterocycles. The van der Waals surface area contributed by atoms with E-state index in [4.69, 9.17) is 37.7 Å². The molecule has 1 saturated heterocycles. The Morgan fingerprint density at radius 2 is 1.69 bits per heavy atom. The number of aromatic nitrogens is 1. The fourth-order valence-electron chi connectivity index (χ4n) is 4.88. The van der Waals surface area contributed by atoms with Crippen molar-refractivity contribution < 1.29 is 23.8 Å². The van der Waals surface area contributed by atoms with Crippen LogP contribution in [-0.4, -0.2) is 28.3 Å². The molecule has 210 valence electrons. The number of carbonyl (C=O) groups is 1. The van der Waals surface area contributed by atoms with Crippen LogP contribution in [0.5, 0.6) is 17.2 Å². The van der Waals surface area contributed by atoms with Gasteiger partial charge in [0.1, 0.15) is 34.8 Å². The van der Waals surface area contributed by atoms with Crippen LogP contribution in [0.1, 0.15) is 33.9 Å². The van der Waals surface area contributed by atoms with Crippen LogP contribution in [0, 0.1) is 0 Å². The molecule has 8 nitrogen and oxygen atoms in total. The Morgan fingerprint density at radius 1 is 0.976 bits per heavy atom. The molecule has 42 heavy (non-hydrogen) atoms. The summed E-state index contributed by atoms with van der Waals surface area (Å²) >= 11 is 12.3. The number of rotatable bonds is 8. The van der Waals surface area contributed by atoms with Gasteiger partial charge in [0, 0.05) is 17.4 Å². The van der Waals surface area contributed by atoms with E-state index in [9.17, 15) is 9.90 Å². The van der Waals surface area contributed by atoms with Crippen molar-refractivity contribution >= 4 is 40.6 Å². The first-order valence-electron chi connectivity index (χ1n) is 13.0. The second-order valence-electron chi connectivity index (χ2n) is 9.47. The molecule has 2 N–H and O–H groups in total. The number of aromatic carboxylic acids is 1. The minimum absolute atomic E-state index is 0.112. The summed E-state index contributed by atoms with van der Waals surface area (Å²) in [7, 11) is 1.62. The minimum Gasteiger partial charge on any atom is -0.497 e. The van der Waals surface area contributed by atoms with Gasteiger partial charge < -0.3 is 29.2 Å². The summed E-state index contributed by atoms with van der Waals surface area (Å²) in [6, 6.07) is 28.1. The van der Waals surface area contributed by atoms with Gasteiger partial charge in [-0.3, -0.25) is 4.98 Å². The molecule has 2 aromatic heterocycles. The highest BCUT2D eigenvalue weighted by atomic mass is 35.5. The van der Waals surface area contributed by atoms with Gasteiger partial charge in [0.05, 0.1) is 29.4 Å². The van der Waals surface area contributed by atoms with Crippen LogP contribution >= 0.6 is 23.8 Å². The zero-order valence-electron chi connectivity index (χ0n) is 22.2. The highest BCUT2D eigenvalue weighted by Crippen LogP contribution is 2.44. The molecule has 1 aliphatic rings. The van der Waals surface area contributed by atoms with Crippen molar-refractivity contribution in [2.45, 2.75) is 12.1 Å². The quantitative estimate of drug-likeness (QED) is 0.175. The average molecular weight is 598 g/mol. The largest absolute Gasteiger partial charge is 0.497 e. The number of ether oxygens (including phenoxy) is 2. The summed E-state index contributed by atoms with van der Waals surface area (Å²) in [6.07, 6.45) is 1.73. The Morgan fingerprint density at radius 3 is 2.36 bits per heavy atom. The molecule has 0 unspecified atom stereocenters. The van der Waals surface area contributed by atoms with Crippen molar-refractivity contribution in [3.05, 3.63) is 125 Å². The Labute approximate surface area is 252 Å². The number of thiocarbonyl (C=S) groups is 1. The van der Waals surface area contributed by atoms with Crippen LogP contribution in [-0.2, 0) is 0 Å². The van der Waals surface area contributed by atoms with Crippen molar-refractivity contribution in [1.29, 1.82) is 0 Å². The van der Waals surface area contributed by atoms with E-state index in [2.05, 4.69) is 10.3 Å². The molecule has 2 atom stereocenters. The first kappa shape index (κ1) is 27.3. The number of furan rings is 1. The number of halogens is 1. The molecular weight excluding hydrogens is 574 g/mol. The van der Waals surface area contributed by atoms with Crippen molar-refractivity contribution in [3.63, 3.8) is 0 Å². The number of nitrogens with one attached hydrogen (secondary N) is 1. The van der Waals surface area contributed by atoms with Gasteiger partial charge in [0.2, 0.25) is 0 Å². The van der Waals surface area contributed by atoms with Gasteiger partial charge in [-0.15, -0.1) is 0 Å². The predicted octanol–water partition coefficient (Wildman–Crippen LogP) is 7.67. The summed E-state index contributed by atoms with van der Waals surface area (Å²) in [6.45, 7) is 0. The topological polar surface area (TPSA) is 97.1 Å². The Balaban J connectivity index is 1.35. The van der Waals surface area contributed by atoms with Gasteiger partial charge in [-0.1, -0.05) is 17.7 Å². The maximum Gasteiger partial charge on any atom is 0.335 e. The molecule has 3 heterocycles. The predicted molar refractivity (Wildman–Crippen MR) is 164 cm³/mol. The summed E-state index contributed by atoms with van der Waals surface area (Å²) < 4.78 is 17.6. The molecular formula is C32H24ClN3O5S. The zero-order chi connectivity index (χ0) is 29.2. The molecule has 1 fully saturated rings. The molecule has 10 heteroatoms. The summed E-state index contributed by atoms with van der Waals surface area (Å²) in [5.74, 6) is 2.09. The van der Waals surface area contributed by atoms with Gasteiger partial charge in [0.15, 0.2) is 5.11 Å². The third-order valence-electron chi connectivity index (χ3n) is 6.91. The lowest BCUT2D eigenvalue weighted by molar-refractivity contribution is 0.0697. The van der Waals surface area contributed by atoms with Crippen LogP contribution in [0.25, 0.3) is 11.3 Å². The number of methoxy groups -OCH3 is 1. The van der Waals surface area contributed by atoms with Crippen LogP contribution < -0.4 is 19.7 Å². The van der Waals surface area contributed by atoms with Gasteiger partial charge in [0.25, 0.3) is 0 Å². The van der Waals surface area contributed by atoms with Gasteiger partial charge in [-0.05, 0) is 103 Å². The normalized spacial score (nSPS) is 16.2. The third kappa shape index (κ3) is 5.39. The second kappa shape index (κ2) is 11.6. The molecule has 6 rings (SSSR count). The fourth-order valence-corrected chi connectivity index (χ4v) is 5.44. The average Bonchev–Trinajstić information content (AvgIpc) is 3.63. The number of anilines is 1. The zero-order valence-corrected chi connectivity index (χ0v) is 23.8. The lowest BCUT2D eigenvalue weighted by atomic mass is 10.0. The number of carboxylic acids is 1. The molecule has 0 bridgehead atoms. The molecule has 0 amide bonds. The third-order valence-corrected chi connectivity index (χ3v) is 7.55. The van der Waals surface area contributed by atoms with Crippen molar-refractivity contribution in [3.8, 4) is 28.6 Å². The van der Waals surface area contributed by atoms with E-state index >= 15 is 0 Å². The minimum atomic E-state index is -1.05. The van der Waals surface area contributed by atoms with Crippen molar-refractivity contribution in [2.75, 3.05) is 12.0 Å². The molecule has 0 aliphatic carbocycles. The number of nitrogens with zero attached hydrogens (tertiary/aromatic N) is 2. The smallest absolute Gasteiger partial charge is 0.335 e. The molecule has 0 spiro atoms. The van der Waals surface area contributed by atoms with Crippen LogP contribution in [0.3, 0.4) is 0 Å². The number of hydrogen-bond donors (Lipinski definition) is 2. The lowest BCUT2D eigenvalue weighted by Crippen LogP contribution is -2.29. The highest BCUT2D eigenvalue weighted by molar-refractivity contribution is 7.80. The van der Waals surface area contributed by atoms with Gasteiger partial charge in [-0.2, -0.15) is 0 Å². The van der Waals surface area contributed by atoms with Crippen molar-refractivity contribution in [1.82, 2.24) is 10.3 Å². The summed E-state index contributed by atoms with van der Waals surface area (Å²) in [4.78, 5) is 18.1. The monoisotopic (exact) mass is 597 g/mol. The number of carboxylic acid groups (broad SMARTS) is 1. The van der Waals surface area contributed by atoms with Crippen LogP contribution in [0.4, 0.5) is 5.69 Å². The van der Waals surface area contributed by atoms with E-state index in [1.54, 1.807) is 25.4 Å². The van der Waals surface area contributed by atoms with E-state index in [0.29, 0.717) is 38.7 Å².